The Kier molecular flexibility index (Phi) is 10.0. The summed E-state index contributed by atoms with van der Waals surface area (Å²) in [6.07, 6.45) is 2.98. The summed E-state index contributed by atoms with van der Waals surface area (Å²) in [4.78, 5) is 57.2. The number of nitrogens with one attached hydrogen (secondary N) is 2. The minimum absolute atomic E-state index is 0.0202. The predicted molar refractivity (Wildman–Crippen MR) is 144 cm³/mol. The fourth-order valence-electron chi connectivity index (χ4n) is 5.58. The molecule has 3 fully saturated rings. The Morgan fingerprint density at radius 1 is 1.05 bits per heavy atom. The quantitative estimate of drug-likeness (QED) is 0.461. The molecule has 3 aliphatic heterocycles. The first kappa shape index (κ1) is 28.7. The average molecular weight is 544 g/mol. The molecule has 1 atom stereocenters. The van der Waals surface area contributed by atoms with Gasteiger partial charge in [0.15, 0.2) is 0 Å². The molecule has 1 aromatic rings. The third kappa shape index (κ3) is 7.00. The van der Waals surface area contributed by atoms with Crippen molar-refractivity contribution in [1.29, 1.82) is 0 Å². The van der Waals surface area contributed by atoms with Crippen molar-refractivity contribution in [3.8, 4) is 0 Å². The number of carbonyl (C=O) groups excluding carboxylic acids is 4. The molecule has 2 N–H and O–H groups in total. The lowest BCUT2D eigenvalue weighted by Gasteiger charge is -2.52. The van der Waals surface area contributed by atoms with Crippen molar-refractivity contribution in [2.24, 2.45) is 0 Å². The third-order valence-electron chi connectivity index (χ3n) is 7.80. The monoisotopic (exact) mass is 543 g/mol. The van der Waals surface area contributed by atoms with Crippen LogP contribution >= 0.6 is 0 Å². The first-order valence-electron chi connectivity index (χ1n) is 14.1. The zero-order valence-electron chi connectivity index (χ0n) is 22.9. The van der Waals surface area contributed by atoms with E-state index in [0.717, 1.165) is 12.0 Å². The molecular weight excluding hydrogens is 502 g/mol. The third-order valence-corrected chi connectivity index (χ3v) is 7.80. The van der Waals surface area contributed by atoms with E-state index in [1.807, 2.05) is 37.3 Å². The number of unbranched alkanes of at least 4 members (excludes halogenated alkanes) is 1. The van der Waals surface area contributed by atoms with E-state index >= 15 is 0 Å². The molecule has 3 saturated heterocycles. The summed E-state index contributed by atoms with van der Waals surface area (Å²) in [5.41, 5.74) is 0.0121. The first-order valence-corrected chi connectivity index (χ1v) is 14.1. The number of amides is 5. The highest BCUT2D eigenvalue weighted by Crippen LogP contribution is 2.34. The van der Waals surface area contributed by atoms with Gasteiger partial charge in [-0.1, -0.05) is 37.3 Å². The fraction of sp³-hybridized carbons (Fsp3) is 0.643. The molecule has 0 aliphatic carbocycles. The standard InChI is InChI=1S/C28H41N5O6/c1-2-14-33-24(34)23(10-6-7-13-29-26(36)39-21-22-8-4-3-5-9-22)30-25(35)28(33)11-15-31(16-12-28)27(37)32-17-19-38-20-18-32/h3-5,8-9,23H,2,6-7,10-21H2,1H3,(H,29,36)(H,30,35)/t23-/m0/s1. The molecule has 1 aromatic carbocycles. The summed E-state index contributed by atoms with van der Waals surface area (Å²) in [7, 11) is 0. The molecule has 0 saturated carbocycles. The molecular formula is C28H41N5O6. The first-order chi connectivity index (χ1) is 18.9. The number of nitrogens with zero attached hydrogens (tertiary/aromatic N) is 3. The van der Waals surface area contributed by atoms with Crippen LogP contribution in [0.1, 0.15) is 51.0 Å². The molecule has 1 spiro atoms. The number of alkyl carbamates (subject to hydrolysis) is 1. The average Bonchev–Trinajstić information content (AvgIpc) is 2.97. The van der Waals surface area contributed by atoms with E-state index in [2.05, 4.69) is 10.6 Å². The van der Waals surface area contributed by atoms with Crippen LogP contribution in [-0.2, 0) is 25.7 Å². The van der Waals surface area contributed by atoms with Gasteiger partial charge >= 0.3 is 12.1 Å². The normalized spacial score (nSPS) is 21.1. The van der Waals surface area contributed by atoms with Gasteiger partial charge in [0.25, 0.3) is 0 Å². The SMILES string of the molecule is CCCN1C(=O)[C@H](CCCCNC(=O)OCc2ccccc2)NC(=O)C12CCN(C(=O)N1CCOCC1)CC2. The highest BCUT2D eigenvalue weighted by Gasteiger charge is 2.53. The van der Waals surface area contributed by atoms with Crippen molar-refractivity contribution in [2.75, 3.05) is 52.5 Å². The summed E-state index contributed by atoms with van der Waals surface area (Å²) in [6.45, 7) is 6.27. The molecule has 39 heavy (non-hydrogen) atoms. The summed E-state index contributed by atoms with van der Waals surface area (Å²) in [5.74, 6) is -0.179. The number of piperazine rings is 1. The number of rotatable bonds is 9. The number of piperidine rings is 1. The topological polar surface area (TPSA) is 121 Å². The van der Waals surface area contributed by atoms with Crippen molar-refractivity contribution in [2.45, 2.75) is 63.6 Å². The number of hydrogen-bond donors (Lipinski definition) is 2. The van der Waals surface area contributed by atoms with Gasteiger partial charge in [-0.15, -0.1) is 0 Å². The molecule has 0 aromatic heterocycles. The summed E-state index contributed by atoms with van der Waals surface area (Å²) >= 11 is 0. The van der Waals surface area contributed by atoms with Crippen LogP contribution in [0.5, 0.6) is 0 Å². The summed E-state index contributed by atoms with van der Waals surface area (Å²) in [5, 5.41) is 5.72. The van der Waals surface area contributed by atoms with Gasteiger partial charge in [0, 0.05) is 39.3 Å². The van der Waals surface area contributed by atoms with Gasteiger partial charge in [0.2, 0.25) is 11.8 Å². The van der Waals surface area contributed by atoms with Crippen molar-refractivity contribution in [1.82, 2.24) is 25.3 Å². The van der Waals surface area contributed by atoms with E-state index in [9.17, 15) is 19.2 Å². The van der Waals surface area contributed by atoms with Gasteiger partial charge < -0.3 is 34.8 Å². The van der Waals surface area contributed by atoms with Crippen molar-refractivity contribution >= 4 is 23.9 Å². The van der Waals surface area contributed by atoms with Crippen LogP contribution in [0.3, 0.4) is 0 Å². The molecule has 5 amide bonds. The highest BCUT2D eigenvalue weighted by atomic mass is 16.5. The Labute approximate surface area is 230 Å². The molecule has 3 aliphatic rings. The van der Waals surface area contributed by atoms with Gasteiger partial charge in [-0.25, -0.2) is 9.59 Å². The molecule has 4 rings (SSSR count). The molecule has 0 radical (unpaired) electrons. The second kappa shape index (κ2) is 13.6. The van der Waals surface area contributed by atoms with E-state index in [-0.39, 0.29) is 24.5 Å². The highest BCUT2D eigenvalue weighted by molar-refractivity contribution is 6.00. The number of benzene rings is 1. The van der Waals surface area contributed by atoms with Crippen LogP contribution in [0.15, 0.2) is 30.3 Å². The number of ether oxygens (including phenoxy) is 2. The maximum atomic E-state index is 13.5. The van der Waals surface area contributed by atoms with Gasteiger partial charge in [-0.05, 0) is 44.1 Å². The lowest BCUT2D eigenvalue weighted by Crippen LogP contribution is -2.73. The van der Waals surface area contributed by atoms with Gasteiger partial charge in [0.1, 0.15) is 18.2 Å². The Balaban J connectivity index is 1.23. The van der Waals surface area contributed by atoms with E-state index in [0.29, 0.717) is 84.6 Å². The van der Waals surface area contributed by atoms with Crippen LogP contribution in [-0.4, -0.2) is 103 Å². The smallest absolute Gasteiger partial charge is 0.407 e. The number of hydrogen-bond acceptors (Lipinski definition) is 6. The second-order valence-corrected chi connectivity index (χ2v) is 10.4. The van der Waals surface area contributed by atoms with E-state index in [1.54, 1.807) is 14.7 Å². The molecule has 11 heteroatoms. The maximum Gasteiger partial charge on any atom is 0.407 e. The zero-order valence-corrected chi connectivity index (χ0v) is 22.9. The molecule has 0 bridgehead atoms. The van der Waals surface area contributed by atoms with E-state index in [1.165, 1.54) is 0 Å². The minimum Gasteiger partial charge on any atom is -0.445 e. The summed E-state index contributed by atoms with van der Waals surface area (Å²) in [6, 6.07) is 8.87. The van der Waals surface area contributed by atoms with Crippen LogP contribution in [0.4, 0.5) is 9.59 Å². The van der Waals surface area contributed by atoms with Crippen molar-refractivity contribution in [3.05, 3.63) is 35.9 Å². The molecule has 3 heterocycles. The van der Waals surface area contributed by atoms with Crippen molar-refractivity contribution in [3.63, 3.8) is 0 Å². The molecule has 214 valence electrons. The van der Waals surface area contributed by atoms with Crippen molar-refractivity contribution < 1.29 is 28.7 Å². The Hall–Kier alpha value is -3.34. The van der Waals surface area contributed by atoms with Crippen LogP contribution in [0, 0.1) is 0 Å². The summed E-state index contributed by atoms with van der Waals surface area (Å²) < 4.78 is 10.6. The number of likely N-dealkylation sites (tertiary alicyclic amines) is 1. The van der Waals surface area contributed by atoms with E-state index < -0.39 is 17.7 Å². The maximum absolute atomic E-state index is 13.5. The van der Waals surface area contributed by atoms with E-state index in [4.69, 9.17) is 9.47 Å². The second-order valence-electron chi connectivity index (χ2n) is 10.4. The fourth-order valence-corrected chi connectivity index (χ4v) is 5.58. The van der Waals surface area contributed by atoms with Gasteiger partial charge in [0.05, 0.1) is 13.2 Å². The molecule has 11 nitrogen and oxygen atoms in total. The Morgan fingerprint density at radius 3 is 2.44 bits per heavy atom. The predicted octanol–water partition coefficient (Wildman–Crippen LogP) is 2.11. The number of morpholine rings is 1. The largest absolute Gasteiger partial charge is 0.445 e. The van der Waals surface area contributed by atoms with Crippen LogP contribution in [0.2, 0.25) is 0 Å². The Morgan fingerprint density at radius 2 is 1.74 bits per heavy atom. The zero-order chi connectivity index (χ0) is 27.7. The molecule has 0 unspecified atom stereocenters. The van der Waals surface area contributed by atoms with Gasteiger partial charge in [-0.3, -0.25) is 9.59 Å². The van der Waals surface area contributed by atoms with Crippen LogP contribution in [0.25, 0.3) is 0 Å². The number of carbonyl (C=O) groups is 4. The Bertz CT molecular complexity index is 991. The minimum atomic E-state index is -0.907. The number of urea groups is 1. The lowest BCUT2D eigenvalue weighted by atomic mass is 9.81. The lowest BCUT2D eigenvalue weighted by molar-refractivity contribution is -0.161. The van der Waals surface area contributed by atoms with Crippen LogP contribution < -0.4 is 10.6 Å². The van der Waals surface area contributed by atoms with Gasteiger partial charge in [-0.2, -0.15) is 0 Å².